The van der Waals surface area contributed by atoms with Gasteiger partial charge in [-0.1, -0.05) is 5.92 Å². The first-order valence-corrected chi connectivity index (χ1v) is 9.01. The van der Waals surface area contributed by atoms with Crippen LogP contribution in [0.1, 0.15) is 24.1 Å². The third-order valence-electron chi connectivity index (χ3n) is 4.64. The van der Waals surface area contributed by atoms with Gasteiger partial charge in [-0.25, -0.2) is 19.3 Å². The van der Waals surface area contributed by atoms with E-state index in [1.807, 2.05) is 0 Å². The number of ether oxygens (including phenoxy) is 1. The van der Waals surface area contributed by atoms with Crippen LogP contribution in [0.15, 0.2) is 36.8 Å². The zero-order valence-electron chi connectivity index (χ0n) is 15.9. The van der Waals surface area contributed by atoms with Gasteiger partial charge in [-0.05, 0) is 37.0 Å². The SMILES string of the molecule is CNc1ncc(C#Cc2ccc(OC)cn2)c2cc(NC(=O)C3(F)CC3)ncc12. The first kappa shape index (κ1) is 18.6. The first-order chi connectivity index (χ1) is 14.0. The second kappa shape index (κ2) is 7.36. The van der Waals surface area contributed by atoms with E-state index in [2.05, 4.69) is 37.4 Å². The van der Waals surface area contributed by atoms with Crippen molar-refractivity contribution >= 4 is 28.3 Å². The number of carbonyl (C=O) groups excluding carboxylic acids is 1. The number of pyridine rings is 3. The number of methoxy groups -OCH3 is 1. The maximum atomic E-state index is 14.0. The van der Waals surface area contributed by atoms with Gasteiger partial charge in [0.25, 0.3) is 5.91 Å². The number of anilines is 2. The van der Waals surface area contributed by atoms with E-state index in [4.69, 9.17) is 4.74 Å². The lowest BCUT2D eigenvalue weighted by Crippen LogP contribution is -2.25. The van der Waals surface area contributed by atoms with Gasteiger partial charge in [-0.3, -0.25) is 4.79 Å². The summed E-state index contributed by atoms with van der Waals surface area (Å²) in [6, 6.07) is 5.21. The minimum atomic E-state index is -1.77. The minimum Gasteiger partial charge on any atom is -0.495 e. The van der Waals surface area contributed by atoms with Crippen molar-refractivity contribution in [2.24, 2.45) is 0 Å². The third-order valence-corrected chi connectivity index (χ3v) is 4.64. The Morgan fingerprint density at radius 3 is 2.62 bits per heavy atom. The number of fused-ring (bicyclic) bond motifs is 1. The molecule has 0 unspecified atom stereocenters. The molecule has 0 aliphatic heterocycles. The lowest BCUT2D eigenvalue weighted by Gasteiger charge is -2.10. The molecule has 0 bridgehead atoms. The number of aromatic nitrogens is 3. The Hall–Kier alpha value is -3.73. The van der Waals surface area contributed by atoms with E-state index in [1.54, 1.807) is 50.9 Å². The van der Waals surface area contributed by atoms with Gasteiger partial charge >= 0.3 is 0 Å². The van der Waals surface area contributed by atoms with E-state index in [-0.39, 0.29) is 18.7 Å². The molecule has 0 aromatic carbocycles. The summed E-state index contributed by atoms with van der Waals surface area (Å²) in [5, 5.41) is 7.03. The predicted octanol–water partition coefficient (Wildman–Crippen LogP) is 2.92. The molecule has 4 rings (SSSR count). The Labute approximate surface area is 166 Å². The molecule has 3 aromatic rings. The standard InChI is InChI=1S/C21H18FN5O2/c1-23-19-17-12-25-18(27-20(28)21(22)7-8-21)9-16(17)13(10-26-19)3-4-14-5-6-15(29-2)11-24-14/h5-6,9-12H,7-8H2,1-2H3,(H,23,26)(H,25,27,28). The lowest BCUT2D eigenvalue weighted by atomic mass is 10.1. The number of hydrogen-bond donors (Lipinski definition) is 2. The molecular weight excluding hydrogens is 373 g/mol. The maximum Gasteiger partial charge on any atom is 0.263 e. The summed E-state index contributed by atoms with van der Waals surface area (Å²) in [6.45, 7) is 0. The van der Waals surface area contributed by atoms with E-state index in [0.29, 0.717) is 22.8 Å². The Bertz CT molecular complexity index is 1150. The third kappa shape index (κ3) is 3.80. The molecule has 2 N–H and O–H groups in total. The van der Waals surface area contributed by atoms with Crippen molar-refractivity contribution in [3.63, 3.8) is 0 Å². The largest absolute Gasteiger partial charge is 0.495 e. The number of hydrogen-bond acceptors (Lipinski definition) is 6. The molecule has 146 valence electrons. The van der Waals surface area contributed by atoms with E-state index < -0.39 is 11.6 Å². The molecule has 0 spiro atoms. The van der Waals surface area contributed by atoms with Crippen molar-refractivity contribution in [2.45, 2.75) is 18.5 Å². The Kier molecular flexibility index (Phi) is 4.72. The van der Waals surface area contributed by atoms with Gasteiger partial charge in [0.2, 0.25) is 0 Å². The Morgan fingerprint density at radius 1 is 1.14 bits per heavy atom. The highest BCUT2D eigenvalue weighted by Gasteiger charge is 2.51. The van der Waals surface area contributed by atoms with Crippen LogP contribution in [-0.2, 0) is 4.79 Å². The van der Waals surface area contributed by atoms with E-state index in [9.17, 15) is 9.18 Å². The van der Waals surface area contributed by atoms with Crippen LogP contribution in [0.5, 0.6) is 5.75 Å². The molecule has 1 saturated carbocycles. The van der Waals surface area contributed by atoms with Crippen LogP contribution in [0.3, 0.4) is 0 Å². The summed E-state index contributed by atoms with van der Waals surface area (Å²) < 4.78 is 19.0. The fourth-order valence-corrected chi connectivity index (χ4v) is 2.77. The average molecular weight is 391 g/mol. The lowest BCUT2D eigenvalue weighted by molar-refractivity contribution is -0.122. The summed E-state index contributed by atoms with van der Waals surface area (Å²) in [5.41, 5.74) is -0.559. The maximum absolute atomic E-state index is 14.0. The van der Waals surface area contributed by atoms with Gasteiger partial charge in [0, 0.05) is 30.2 Å². The fraction of sp³-hybridized carbons (Fsp3) is 0.238. The minimum absolute atomic E-state index is 0.242. The summed E-state index contributed by atoms with van der Waals surface area (Å²) >= 11 is 0. The molecular formula is C21H18FN5O2. The normalized spacial score (nSPS) is 13.9. The summed E-state index contributed by atoms with van der Waals surface area (Å²) in [7, 11) is 3.33. The van der Waals surface area contributed by atoms with Gasteiger partial charge in [0.05, 0.1) is 18.9 Å². The predicted molar refractivity (Wildman–Crippen MR) is 108 cm³/mol. The number of nitrogens with one attached hydrogen (secondary N) is 2. The Morgan fingerprint density at radius 2 is 1.97 bits per heavy atom. The van der Waals surface area contributed by atoms with Gasteiger partial charge < -0.3 is 15.4 Å². The van der Waals surface area contributed by atoms with Crippen LogP contribution < -0.4 is 15.4 Å². The summed E-state index contributed by atoms with van der Waals surface area (Å²) in [5.74, 6) is 6.93. The molecule has 0 radical (unpaired) electrons. The van der Waals surface area contributed by atoms with E-state index in [0.717, 1.165) is 10.8 Å². The molecule has 1 amide bonds. The molecule has 0 atom stereocenters. The van der Waals surface area contributed by atoms with Gasteiger partial charge in [-0.2, -0.15) is 0 Å². The highest BCUT2D eigenvalue weighted by atomic mass is 19.1. The van der Waals surface area contributed by atoms with Crippen LogP contribution >= 0.6 is 0 Å². The smallest absolute Gasteiger partial charge is 0.263 e. The van der Waals surface area contributed by atoms with Crippen LogP contribution in [0, 0.1) is 11.8 Å². The molecule has 1 fully saturated rings. The van der Waals surface area contributed by atoms with E-state index >= 15 is 0 Å². The van der Waals surface area contributed by atoms with Crippen LogP contribution in [0.4, 0.5) is 16.0 Å². The zero-order valence-corrected chi connectivity index (χ0v) is 15.9. The fourth-order valence-electron chi connectivity index (χ4n) is 2.77. The second-order valence-electron chi connectivity index (χ2n) is 6.64. The monoisotopic (exact) mass is 391 g/mol. The highest BCUT2D eigenvalue weighted by Crippen LogP contribution is 2.40. The summed E-state index contributed by atoms with van der Waals surface area (Å²) in [4.78, 5) is 24.8. The van der Waals surface area contributed by atoms with Crippen LogP contribution in [0.2, 0.25) is 0 Å². The number of amides is 1. The van der Waals surface area contributed by atoms with Crippen molar-refractivity contribution in [3.05, 3.63) is 48.0 Å². The molecule has 29 heavy (non-hydrogen) atoms. The van der Waals surface area contributed by atoms with Crippen molar-refractivity contribution in [1.82, 2.24) is 15.0 Å². The first-order valence-electron chi connectivity index (χ1n) is 9.01. The summed E-state index contributed by atoms with van der Waals surface area (Å²) in [6.07, 6.45) is 5.29. The highest BCUT2D eigenvalue weighted by molar-refractivity contribution is 6.01. The van der Waals surface area contributed by atoms with Gasteiger partial charge in [-0.15, -0.1) is 0 Å². The topological polar surface area (TPSA) is 89.0 Å². The number of carbonyl (C=O) groups is 1. The molecule has 3 aromatic heterocycles. The number of halogens is 1. The van der Waals surface area contributed by atoms with Crippen LogP contribution in [-0.4, -0.2) is 40.7 Å². The van der Waals surface area contributed by atoms with E-state index in [1.165, 1.54) is 0 Å². The second-order valence-corrected chi connectivity index (χ2v) is 6.64. The quantitative estimate of drug-likeness (QED) is 0.665. The molecule has 7 nitrogen and oxygen atoms in total. The van der Waals surface area contributed by atoms with Crippen molar-refractivity contribution < 1.29 is 13.9 Å². The Balaban J connectivity index is 1.71. The number of rotatable bonds is 4. The molecule has 1 aliphatic rings. The van der Waals surface area contributed by atoms with Gasteiger partial charge in [0.1, 0.15) is 23.1 Å². The van der Waals surface area contributed by atoms with Crippen molar-refractivity contribution in [1.29, 1.82) is 0 Å². The zero-order chi connectivity index (χ0) is 20.4. The molecule has 0 saturated heterocycles. The molecule has 1 aliphatic carbocycles. The number of alkyl halides is 1. The van der Waals surface area contributed by atoms with Crippen LogP contribution in [0.25, 0.3) is 10.8 Å². The molecule has 8 heteroatoms. The average Bonchev–Trinajstić information content (AvgIpc) is 3.51. The molecule has 3 heterocycles. The van der Waals surface area contributed by atoms with Crippen molar-refractivity contribution in [2.75, 3.05) is 24.8 Å². The van der Waals surface area contributed by atoms with Crippen molar-refractivity contribution in [3.8, 4) is 17.6 Å². The number of nitrogens with zero attached hydrogens (tertiary/aromatic N) is 3. The van der Waals surface area contributed by atoms with Gasteiger partial charge in [0.15, 0.2) is 5.67 Å².